The number of carbonyl (C=O) groups excluding carboxylic acids is 1. The van der Waals surface area contributed by atoms with Gasteiger partial charge in [-0.3, -0.25) is 0 Å². The number of hydrogen-bond acceptors (Lipinski definition) is 4. The van der Waals surface area contributed by atoms with Gasteiger partial charge in [-0.1, -0.05) is 30.3 Å². The van der Waals surface area contributed by atoms with Crippen molar-refractivity contribution in [3.05, 3.63) is 35.9 Å². The fourth-order valence-corrected chi connectivity index (χ4v) is 4.51. The third kappa shape index (κ3) is 5.69. The highest BCUT2D eigenvalue weighted by atomic mass is 16.6. The molecule has 2 aliphatic carbocycles. The molecule has 0 aromatic heterocycles. The van der Waals surface area contributed by atoms with Crippen LogP contribution in [0.1, 0.15) is 58.4 Å². The fraction of sp³-hybridized carbons (Fsp3) is 0.682. The number of alkyl carbamates (subject to hydrolysis) is 1. The minimum atomic E-state index is -0.674. The van der Waals surface area contributed by atoms with Crippen molar-refractivity contribution in [2.75, 3.05) is 6.54 Å². The van der Waals surface area contributed by atoms with Crippen LogP contribution >= 0.6 is 0 Å². The van der Waals surface area contributed by atoms with Gasteiger partial charge in [-0.25, -0.2) is 4.79 Å². The number of fused-ring (bicyclic) bond motifs is 2. The second kappa shape index (κ2) is 8.19. The molecule has 0 aliphatic heterocycles. The number of benzene rings is 1. The molecule has 1 amide bonds. The maximum absolute atomic E-state index is 12.3. The van der Waals surface area contributed by atoms with Gasteiger partial charge in [0.05, 0.1) is 12.1 Å². The van der Waals surface area contributed by atoms with Gasteiger partial charge in [-0.2, -0.15) is 0 Å². The van der Waals surface area contributed by atoms with E-state index in [0.29, 0.717) is 13.0 Å². The number of rotatable bonds is 7. The predicted molar refractivity (Wildman–Crippen MR) is 107 cm³/mol. The molecule has 3 N–H and O–H groups in total. The Morgan fingerprint density at radius 3 is 2.48 bits per heavy atom. The summed E-state index contributed by atoms with van der Waals surface area (Å²) in [6.07, 6.45) is 5.63. The molecule has 2 atom stereocenters. The van der Waals surface area contributed by atoms with Gasteiger partial charge in [0.15, 0.2) is 0 Å². The molecule has 150 valence electrons. The molecule has 2 bridgehead atoms. The zero-order valence-corrected chi connectivity index (χ0v) is 16.8. The summed E-state index contributed by atoms with van der Waals surface area (Å²) in [4.78, 5) is 12.3. The van der Waals surface area contributed by atoms with Crippen LogP contribution in [0, 0.1) is 5.92 Å². The number of aliphatic hydroxyl groups is 1. The van der Waals surface area contributed by atoms with Gasteiger partial charge < -0.3 is 20.5 Å². The number of amides is 1. The Labute approximate surface area is 162 Å². The highest BCUT2D eigenvalue weighted by Gasteiger charge is 2.44. The van der Waals surface area contributed by atoms with Crippen LogP contribution in [0.4, 0.5) is 4.79 Å². The van der Waals surface area contributed by atoms with Gasteiger partial charge in [0.1, 0.15) is 5.60 Å². The molecule has 3 rings (SSSR count). The number of hydrogen-bond donors (Lipinski definition) is 3. The Morgan fingerprint density at radius 1 is 1.26 bits per heavy atom. The smallest absolute Gasteiger partial charge is 0.407 e. The van der Waals surface area contributed by atoms with E-state index in [1.165, 1.54) is 32.1 Å². The SMILES string of the molecule is CC(C)(C)OC(=O)N[C@H](Cc1ccccc1)[C@H](O)CNC12CCC(CC1)C2. The summed E-state index contributed by atoms with van der Waals surface area (Å²) in [5, 5.41) is 17.4. The Morgan fingerprint density at radius 2 is 1.93 bits per heavy atom. The topological polar surface area (TPSA) is 70.6 Å². The van der Waals surface area contributed by atoms with Crippen molar-refractivity contribution in [2.24, 2.45) is 5.92 Å². The van der Waals surface area contributed by atoms with E-state index in [2.05, 4.69) is 10.6 Å². The van der Waals surface area contributed by atoms with E-state index in [-0.39, 0.29) is 5.54 Å². The monoisotopic (exact) mass is 374 g/mol. The molecule has 2 fully saturated rings. The van der Waals surface area contributed by atoms with Gasteiger partial charge in [0, 0.05) is 12.1 Å². The van der Waals surface area contributed by atoms with Gasteiger partial charge in [-0.05, 0) is 70.8 Å². The first-order chi connectivity index (χ1) is 12.7. The van der Waals surface area contributed by atoms with Gasteiger partial charge in [0.2, 0.25) is 0 Å². The highest BCUT2D eigenvalue weighted by Crippen LogP contribution is 2.47. The summed E-state index contributed by atoms with van der Waals surface area (Å²) in [7, 11) is 0. The standard InChI is InChI=1S/C22H34N2O3/c1-21(2,3)27-20(26)24-18(13-16-7-5-4-6-8-16)19(25)15-23-22-11-9-17(14-22)10-12-22/h4-8,17-19,23,25H,9-15H2,1-3H3,(H,24,26)/t17?,18-,19-,22?/m1/s1. The van der Waals surface area contributed by atoms with E-state index in [1.54, 1.807) is 0 Å². The van der Waals surface area contributed by atoms with Crippen LogP contribution < -0.4 is 10.6 Å². The Kier molecular flexibility index (Phi) is 6.11. The van der Waals surface area contributed by atoms with Crippen molar-refractivity contribution in [3.63, 3.8) is 0 Å². The summed E-state index contributed by atoms with van der Waals surface area (Å²) in [6.45, 7) is 6.01. The van der Waals surface area contributed by atoms with Crippen LogP contribution in [0.2, 0.25) is 0 Å². The van der Waals surface area contributed by atoms with Crippen LogP contribution in [0.5, 0.6) is 0 Å². The molecular formula is C22H34N2O3. The largest absolute Gasteiger partial charge is 0.444 e. The van der Waals surface area contributed by atoms with Crippen molar-refractivity contribution < 1.29 is 14.6 Å². The molecule has 1 aromatic carbocycles. The van der Waals surface area contributed by atoms with Crippen LogP contribution in [-0.2, 0) is 11.2 Å². The van der Waals surface area contributed by atoms with Crippen molar-refractivity contribution in [3.8, 4) is 0 Å². The quantitative estimate of drug-likeness (QED) is 0.684. The van der Waals surface area contributed by atoms with Gasteiger partial charge >= 0.3 is 6.09 Å². The number of aliphatic hydroxyl groups excluding tert-OH is 1. The maximum atomic E-state index is 12.3. The molecule has 2 aliphatic rings. The first kappa shape index (κ1) is 20.2. The van der Waals surface area contributed by atoms with Crippen molar-refractivity contribution >= 4 is 6.09 Å². The molecular weight excluding hydrogens is 340 g/mol. The van der Waals surface area contributed by atoms with E-state index in [1.807, 2.05) is 51.1 Å². The Bertz CT molecular complexity index is 618. The van der Waals surface area contributed by atoms with E-state index in [9.17, 15) is 9.90 Å². The second-order valence-electron chi connectivity index (χ2n) is 9.32. The number of carbonyl (C=O) groups is 1. The lowest BCUT2D eigenvalue weighted by molar-refractivity contribution is 0.0414. The highest BCUT2D eigenvalue weighted by molar-refractivity contribution is 5.68. The van der Waals surface area contributed by atoms with E-state index in [0.717, 1.165) is 11.5 Å². The third-order valence-electron chi connectivity index (χ3n) is 5.89. The van der Waals surface area contributed by atoms with E-state index < -0.39 is 23.8 Å². The molecule has 2 saturated carbocycles. The fourth-order valence-electron chi connectivity index (χ4n) is 4.51. The molecule has 0 heterocycles. The van der Waals surface area contributed by atoms with Crippen molar-refractivity contribution in [2.45, 2.75) is 82.6 Å². The number of ether oxygens (including phenoxy) is 1. The van der Waals surface area contributed by atoms with E-state index in [4.69, 9.17) is 4.74 Å². The van der Waals surface area contributed by atoms with Crippen molar-refractivity contribution in [1.29, 1.82) is 0 Å². The first-order valence-corrected chi connectivity index (χ1v) is 10.2. The lowest BCUT2D eigenvalue weighted by Gasteiger charge is -2.32. The molecule has 0 unspecified atom stereocenters. The average molecular weight is 375 g/mol. The summed E-state index contributed by atoms with van der Waals surface area (Å²) >= 11 is 0. The van der Waals surface area contributed by atoms with Crippen LogP contribution in [0.3, 0.4) is 0 Å². The van der Waals surface area contributed by atoms with Crippen LogP contribution in [0.15, 0.2) is 30.3 Å². The third-order valence-corrected chi connectivity index (χ3v) is 5.89. The van der Waals surface area contributed by atoms with Crippen LogP contribution in [-0.4, -0.2) is 41.0 Å². The first-order valence-electron chi connectivity index (χ1n) is 10.2. The summed E-state index contributed by atoms with van der Waals surface area (Å²) in [5.74, 6) is 0.856. The molecule has 0 radical (unpaired) electrons. The second-order valence-corrected chi connectivity index (χ2v) is 9.32. The zero-order valence-electron chi connectivity index (χ0n) is 16.8. The minimum absolute atomic E-state index is 0.203. The number of β-amino-alcohol motifs (C(OH)–C–C–N with tert-alkyl or cyclic N) is 1. The Balaban J connectivity index is 1.61. The van der Waals surface area contributed by atoms with Crippen molar-refractivity contribution in [1.82, 2.24) is 10.6 Å². The Hall–Kier alpha value is -1.59. The summed E-state index contributed by atoms with van der Waals surface area (Å²) in [6, 6.07) is 9.54. The zero-order chi connectivity index (χ0) is 19.5. The van der Waals surface area contributed by atoms with Crippen LogP contribution in [0.25, 0.3) is 0 Å². The molecule has 0 saturated heterocycles. The molecule has 5 nitrogen and oxygen atoms in total. The summed E-state index contributed by atoms with van der Waals surface area (Å²) in [5.41, 5.74) is 0.721. The van der Waals surface area contributed by atoms with E-state index >= 15 is 0 Å². The number of nitrogens with one attached hydrogen (secondary N) is 2. The summed E-state index contributed by atoms with van der Waals surface area (Å²) < 4.78 is 5.40. The molecule has 5 heteroatoms. The van der Waals surface area contributed by atoms with Gasteiger partial charge in [0.25, 0.3) is 0 Å². The molecule has 27 heavy (non-hydrogen) atoms. The maximum Gasteiger partial charge on any atom is 0.407 e. The average Bonchev–Trinajstić information content (AvgIpc) is 3.20. The lowest BCUT2D eigenvalue weighted by atomic mass is 9.93. The minimum Gasteiger partial charge on any atom is -0.444 e. The molecule has 0 spiro atoms. The normalized spacial score (nSPS) is 26.6. The van der Waals surface area contributed by atoms with Gasteiger partial charge in [-0.15, -0.1) is 0 Å². The molecule has 1 aromatic rings. The predicted octanol–water partition coefficient (Wildman–Crippen LogP) is 3.41. The lowest BCUT2D eigenvalue weighted by Crippen LogP contribution is -2.53.